The minimum Gasteiger partial charge on any atom is -0.494 e. The summed E-state index contributed by atoms with van der Waals surface area (Å²) in [6, 6.07) is 8.18. The maximum atomic E-state index is 13.9. The van der Waals surface area contributed by atoms with Gasteiger partial charge in [0, 0.05) is 18.3 Å². The maximum absolute atomic E-state index is 13.9. The maximum Gasteiger partial charge on any atom is 0.248 e. The van der Waals surface area contributed by atoms with Crippen molar-refractivity contribution in [2.45, 2.75) is 52.3 Å². The number of aromatic hydroxyl groups is 1. The quantitative estimate of drug-likeness (QED) is 0.456. The van der Waals surface area contributed by atoms with E-state index < -0.39 is 17.5 Å². The first-order valence-electron chi connectivity index (χ1n) is 10.4. The Morgan fingerprint density at radius 3 is 2.66 bits per heavy atom. The molecule has 9 heteroatoms. The number of nitrogens with zero attached hydrogens (tertiary/aromatic N) is 3. The van der Waals surface area contributed by atoms with Gasteiger partial charge in [0.15, 0.2) is 23.3 Å². The summed E-state index contributed by atoms with van der Waals surface area (Å²) < 4.78 is 22.4. The van der Waals surface area contributed by atoms with Crippen LogP contribution in [0.1, 0.15) is 40.2 Å². The van der Waals surface area contributed by atoms with E-state index in [2.05, 4.69) is 10.4 Å². The van der Waals surface area contributed by atoms with Crippen LogP contribution in [0.15, 0.2) is 48.8 Å². The Bertz CT molecular complexity index is 1070. The lowest BCUT2D eigenvalue weighted by atomic mass is 10.0. The number of para-hydroxylation sites is 1. The first kappa shape index (κ1) is 23.3. The highest BCUT2D eigenvalue weighted by molar-refractivity contribution is 5.93. The minimum absolute atomic E-state index is 0.0202. The van der Waals surface area contributed by atoms with Gasteiger partial charge in [0.05, 0.1) is 18.3 Å². The molecule has 0 unspecified atom stereocenters. The van der Waals surface area contributed by atoms with E-state index >= 15 is 0 Å². The van der Waals surface area contributed by atoms with Crippen LogP contribution >= 0.6 is 0 Å². The second-order valence-electron chi connectivity index (χ2n) is 8.82. The van der Waals surface area contributed by atoms with Crippen LogP contribution in [0.3, 0.4) is 0 Å². The zero-order chi connectivity index (χ0) is 23.5. The van der Waals surface area contributed by atoms with Crippen LogP contribution in [0.5, 0.6) is 17.4 Å². The van der Waals surface area contributed by atoms with Crippen LogP contribution < -0.4 is 10.1 Å². The Kier molecular flexibility index (Phi) is 6.88. The number of carbonyl (C=O) groups is 1. The van der Waals surface area contributed by atoms with Gasteiger partial charge in [-0.3, -0.25) is 9.48 Å². The molecule has 0 aliphatic rings. The molecule has 1 amide bonds. The van der Waals surface area contributed by atoms with Crippen molar-refractivity contribution in [3.8, 4) is 17.4 Å². The molecule has 3 rings (SSSR count). The molecule has 0 aliphatic heterocycles. The van der Waals surface area contributed by atoms with Crippen molar-refractivity contribution in [3.05, 3.63) is 54.6 Å². The number of halogens is 1. The number of amides is 1. The summed E-state index contributed by atoms with van der Waals surface area (Å²) in [4.78, 5) is 13.1. The summed E-state index contributed by atoms with van der Waals surface area (Å²) in [5, 5.41) is 27.4. The molecular formula is C23H29FN4O4. The Labute approximate surface area is 186 Å². The van der Waals surface area contributed by atoms with E-state index in [1.165, 1.54) is 29.0 Å². The minimum atomic E-state index is -0.945. The second kappa shape index (κ2) is 9.44. The van der Waals surface area contributed by atoms with Crippen molar-refractivity contribution in [2.24, 2.45) is 5.92 Å². The van der Waals surface area contributed by atoms with Crippen LogP contribution in [0.2, 0.25) is 0 Å². The Hall–Kier alpha value is -3.33. The average Bonchev–Trinajstić information content (AvgIpc) is 3.26. The van der Waals surface area contributed by atoms with Gasteiger partial charge in [0.1, 0.15) is 11.8 Å². The largest absolute Gasteiger partial charge is 0.494 e. The molecule has 0 bridgehead atoms. The molecule has 1 atom stereocenters. The van der Waals surface area contributed by atoms with Crippen LogP contribution in [0.4, 0.5) is 10.2 Å². The molecule has 172 valence electrons. The fraction of sp³-hybridized carbons (Fsp3) is 0.391. The van der Waals surface area contributed by atoms with Crippen molar-refractivity contribution in [1.82, 2.24) is 14.3 Å². The van der Waals surface area contributed by atoms with Gasteiger partial charge < -0.3 is 24.8 Å². The lowest BCUT2D eigenvalue weighted by Crippen LogP contribution is -2.28. The van der Waals surface area contributed by atoms with E-state index in [0.717, 1.165) is 0 Å². The Morgan fingerprint density at radius 2 is 2.00 bits per heavy atom. The third-order valence-electron chi connectivity index (χ3n) is 4.64. The van der Waals surface area contributed by atoms with E-state index in [1.54, 1.807) is 42.9 Å². The fourth-order valence-electron chi connectivity index (χ4n) is 3.32. The normalized spacial score (nSPS) is 12.7. The predicted molar refractivity (Wildman–Crippen MR) is 118 cm³/mol. The highest BCUT2D eigenvalue weighted by Crippen LogP contribution is 2.33. The number of benzene rings is 1. The predicted octanol–water partition coefficient (Wildman–Crippen LogP) is 4.32. The molecule has 0 fully saturated rings. The summed E-state index contributed by atoms with van der Waals surface area (Å²) in [5.41, 5.74) is -0.945. The number of aliphatic hydroxyl groups is 1. The first-order chi connectivity index (χ1) is 15.0. The lowest BCUT2D eigenvalue weighted by Gasteiger charge is -2.20. The Balaban J connectivity index is 1.79. The lowest BCUT2D eigenvalue weighted by molar-refractivity contribution is -0.119. The average molecular weight is 445 g/mol. The molecule has 0 saturated heterocycles. The molecular weight excluding hydrogens is 415 g/mol. The highest BCUT2D eigenvalue weighted by Gasteiger charge is 2.26. The number of hydrogen-bond donors (Lipinski definition) is 3. The van der Waals surface area contributed by atoms with Gasteiger partial charge in [0.25, 0.3) is 0 Å². The van der Waals surface area contributed by atoms with Crippen LogP contribution in [-0.4, -0.2) is 36.1 Å². The van der Waals surface area contributed by atoms with Gasteiger partial charge in [-0.05, 0) is 38.3 Å². The zero-order valence-corrected chi connectivity index (χ0v) is 18.6. The molecule has 2 heterocycles. The fourth-order valence-corrected chi connectivity index (χ4v) is 3.32. The zero-order valence-electron chi connectivity index (χ0n) is 18.6. The van der Waals surface area contributed by atoms with Gasteiger partial charge >= 0.3 is 0 Å². The highest BCUT2D eigenvalue weighted by atomic mass is 19.1. The number of rotatable bonds is 9. The van der Waals surface area contributed by atoms with Crippen molar-refractivity contribution < 1.29 is 24.1 Å². The smallest absolute Gasteiger partial charge is 0.248 e. The third kappa shape index (κ3) is 6.10. The molecule has 3 aromatic rings. The molecule has 3 N–H and O–H groups in total. The SMILES string of the molecule is CC(C)C[C@@H](C(=O)Nc1ccn(CC(C)(C)O)n1)n1cc(Oc2ccccc2F)cc1O. The number of anilines is 1. The number of ether oxygens (including phenoxy) is 1. The number of aromatic nitrogens is 3. The van der Waals surface area contributed by atoms with Crippen LogP contribution in [0.25, 0.3) is 0 Å². The summed E-state index contributed by atoms with van der Waals surface area (Å²) in [6.45, 7) is 7.54. The molecule has 8 nitrogen and oxygen atoms in total. The standard InChI is InChI=1S/C23H29FN4O4/c1-15(2)11-18(22(30)25-20-9-10-27(26-20)14-23(3,4)31)28-13-16(12-21(28)29)32-19-8-6-5-7-17(19)24/h5-10,12-13,15,18,29,31H,11,14H2,1-4H3,(H,25,26,30)/t18-/m0/s1. The Morgan fingerprint density at radius 1 is 1.28 bits per heavy atom. The van der Waals surface area contributed by atoms with Gasteiger partial charge in [-0.25, -0.2) is 4.39 Å². The van der Waals surface area contributed by atoms with Crippen LogP contribution in [0, 0.1) is 11.7 Å². The van der Waals surface area contributed by atoms with Gasteiger partial charge in [-0.15, -0.1) is 0 Å². The van der Waals surface area contributed by atoms with Crippen LogP contribution in [-0.2, 0) is 11.3 Å². The molecule has 0 saturated carbocycles. The summed E-state index contributed by atoms with van der Waals surface area (Å²) in [7, 11) is 0. The van der Waals surface area contributed by atoms with Crippen molar-refractivity contribution in [1.29, 1.82) is 0 Å². The van der Waals surface area contributed by atoms with E-state index in [0.29, 0.717) is 12.2 Å². The van der Waals surface area contributed by atoms with E-state index in [1.807, 2.05) is 13.8 Å². The van der Waals surface area contributed by atoms with E-state index in [9.17, 15) is 19.4 Å². The summed E-state index contributed by atoms with van der Waals surface area (Å²) in [6.07, 6.45) is 3.58. The van der Waals surface area contributed by atoms with Gasteiger partial charge in [0.2, 0.25) is 5.91 Å². The van der Waals surface area contributed by atoms with Crippen molar-refractivity contribution >= 4 is 11.7 Å². The molecule has 0 spiro atoms. The first-order valence-corrected chi connectivity index (χ1v) is 10.4. The third-order valence-corrected chi connectivity index (χ3v) is 4.64. The molecule has 32 heavy (non-hydrogen) atoms. The molecule has 1 aromatic carbocycles. The molecule has 0 radical (unpaired) electrons. The number of nitrogens with one attached hydrogen (secondary N) is 1. The summed E-state index contributed by atoms with van der Waals surface area (Å²) >= 11 is 0. The van der Waals surface area contributed by atoms with Crippen molar-refractivity contribution in [2.75, 3.05) is 5.32 Å². The second-order valence-corrected chi connectivity index (χ2v) is 8.82. The van der Waals surface area contributed by atoms with E-state index in [4.69, 9.17) is 4.74 Å². The molecule has 0 aliphatic carbocycles. The van der Waals surface area contributed by atoms with Gasteiger partial charge in [-0.1, -0.05) is 26.0 Å². The number of hydrogen-bond acceptors (Lipinski definition) is 5. The van der Waals surface area contributed by atoms with Gasteiger partial charge in [-0.2, -0.15) is 5.10 Å². The topological polar surface area (TPSA) is 102 Å². The monoisotopic (exact) mass is 444 g/mol. The molecule has 2 aromatic heterocycles. The van der Waals surface area contributed by atoms with Crippen molar-refractivity contribution in [3.63, 3.8) is 0 Å². The number of carbonyl (C=O) groups excluding carboxylic acids is 1. The van der Waals surface area contributed by atoms with E-state index in [-0.39, 0.29) is 35.7 Å². The summed E-state index contributed by atoms with van der Waals surface area (Å²) in [5.74, 6) is -0.354.